The molecule has 0 aliphatic rings. The van der Waals surface area contributed by atoms with Gasteiger partial charge in [-0.15, -0.1) is 0 Å². The Morgan fingerprint density at radius 2 is 1.57 bits per heavy atom. The summed E-state index contributed by atoms with van der Waals surface area (Å²) in [6, 6.07) is 15.7. The van der Waals surface area contributed by atoms with Crippen molar-refractivity contribution < 1.29 is 4.39 Å². The first kappa shape index (κ1) is 15.7. The molecule has 0 aliphatic heterocycles. The van der Waals surface area contributed by atoms with Crippen LogP contribution in [0.5, 0.6) is 0 Å². The second kappa shape index (κ2) is 6.40. The van der Waals surface area contributed by atoms with Gasteiger partial charge in [-0.25, -0.2) is 4.39 Å². The molecule has 2 rings (SSSR count). The van der Waals surface area contributed by atoms with Crippen molar-refractivity contribution in [3.8, 4) is 0 Å². The molecule has 0 fully saturated rings. The van der Waals surface area contributed by atoms with E-state index in [9.17, 15) is 4.39 Å². The van der Waals surface area contributed by atoms with Gasteiger partial charge < -0.3 is 5.32 Å². The predicted octanol–water partition coefficient (Wildman–Crippen LogP) is 4.76. The number of hydrogen-bond acceptors (Lipinski definition) is 1. The first-order valence-electron chi connectivity index (χ1n) is 7.51. The summed E-state index contributed by atoms with van der Waals surface area (Å²) < 4.78 is 13.2. The summed E-state index contributed by atoms with van der Waals surface area (Å²) >= 11 is 0. The van der Waals surface area contributed by atoms with Crippen molar-refractivity contribution in [2.45, 2.75) is 39.2 Å². The highest BCUT2D eigenvalue weighted by Crippen LogP contribution is 2.37. The van der Waals surface area contributed by atoms with E-state index in [-0.39, 0.29) is 17.3 Å². The Morgan fingerprint density at radius 3 is 2.10 bits per heavy atom. The van der Waals surface area contributed by atoms with Gasteiger partial charge in [0.15, 0.2) is 0 Å². The number of likely N-dealkylation sites (N-methyl/N-ethyl adjacent to an activating group) is 1. The normalized spacial score (nSPS) is 13.2. The standard InChI is InChI=1S/C19H24FN/c1-5-21-18(15-8-6-14(2)7-9-15)19(3,4)16-10-12-17(20)13-11-16/h6-13,18,21H,5H2,1-4H3. The Kier molecular flexibility index (Phi) is 4.79. The van der Waals surface area contributed by atoms with Crippen LogP contribution in [0, 0.1) is 12.7 Å². The first-order valence-corrected chi connectivity index (χ1v) is 7.51. The molecule has 0 heterocycles. The van der Waals surface area contributed by atoms with E-state index in [4.69, 9.17) is 0 Å². The lowest BCUT2D eigenvalue weighted by Crippen LogP contribution is -2.37. The van der Waals surface area contributed by atoms with Gasteiger partial charge in [0.1, 0.15) is 5.82 Å². The molecule has 0 saturated heterocycles. The quantitative estimate of drug-likeness (QED) is 0.835. The average molecular weight is 285 g/mol. The van der Waals surface area contributed by atoms with E-state index >= 15 is 0 Å². The van der Waals surface area contributed by atoms with Gasteiger partial charge in [0.05, 0.1) is 0 Å². The van der Waals surface area contributed by atoms with Gasteiger partial charge in [0.25, 0.3) is 0 Å². The number of halogens is 1. The summed E-state index contributed by atoms with van der Waals surface area (Å²) in [7, 11) is 0. The molecule has 0 saturated carbocycles. The van der Waals surface area contributed by atoms with E-state index < -0.39 is 0 Å². The minimum atomic E-state index is -0.190. The van der Waals surface area contributed by atoms with E-state index in [1.807, 2.05) is 12.1 Å². The number of rotatable bonds is 5. The summed E-state index contributed by atoms with van der Waals surface area (Å²) in [4.78, 5) is 0. The summed E-state index contributed by atoms with van der Waals surface area (Å²) in [5.74, 6) is -0.190. The zero-order chi connectivity index (χ0) is 15.5. The van der Waals surface area contributed by atoms with Crippen molar-refractivity contribution in [1.29, 1.82) is 0 Å². The van der Waals surface area contributed by atoms with Crippen molar-refractivity contribution in [2.24, 2.45) is 0 Å². The summed E-state index contributed by atoms with van der Waals surface area (Å²) in [6.07, 6.45) is 0. The molecule has 21 heavy (non-hydrogen) atoms. The Labute approximate surface area is 127 Å². The van der Waals surface area contributed by atoms with Crippen LogP contribution in [0.2, 0.25) is 0 Å². The van der Waals surface area contributed by atoms with Crippen LogP contribution in [0.1, 0.15) is 43.5 Å². The molecule has 0 bridgehead atoms. The highest BCUT2D eigenvalue weighted by molar-refractivity contribution is 5.33. The van der Waals surface area contributed by atoms with E-state index in [0.29, 0.717) is 0 Å². The van der Waals surface area contributed by atoms with Crippen LogP contribution in [0.3, 0.4) is 0 Å². The summed E-state index contributed by atoms with van der Waals surface area (Å²) in [5.41, 5.74) is 3.53. The maximum absolute atomic E-state index is 13.2. The van der Waals surface area contributed by atoms with Crippen molar-refractivity contribution in [3.05, 3.63) is 71.0 Å². The Balaban J connectivity index is 2.39. The molecule has 1 atom stereocenters. The maximum atomic E-state index is 13.2. The van der Waals surface area contributed by atoms with E-state index in [1.54, 1.807) is 0 Å². The molecule has 1 unspecified atom stereocenters. The fourth-order valence-electron chi connectivity index (χ4n) is 2.80. The third-order valence-corrected chi connectivity index (χ3v) is 4.13. The highest BCUT2D eigenvalue weighted by Gasteiger charge is 2.31. The highest BCUT2D eigenvalue weighted by atomic mass is 19.1. The van der Waals surface area contributed by atoms with Crippen LogP contribution in [0.4, 0.5) is 4.39 Å². The average Bonchev–Trinajstić information content (AvgIpc) is 2.46. The zero-order valence-electron chi connectivity index (χ0n) is 13.3. The lowest BCUT2D eigenvalue weighted by molar-refractivity contribution is 0.353. The van der Waals surface area contributed by atoms with E-state index in [1.165, 1.54) is 23.3 Å². The minimum absolute atomic E-state index is 0.126. The van der Waals surface area contributed by atoms with Crippen molar-refractivity contribution in [3.63, 3.8) is 0 Å². The fourth-order valence-corrected chi connectivity index (χ4v) is 2.80. The van der Waals surface area contributed by atoms with Crippen molar-refractivity contribution in [1.82, 2.24) is 5.32 Å². The third kappa shape index (κ3) is 3.51. The van der Waals surface area contributed by atoms with Gasteiger partial charge in [-0.1, -0.05) is 62.7 Å². The van der Waals surface area contributed by atoms with Crippen LogP contribution in [-0.2, 0) is 5.41 Å². The molecule has 2 aromatic rings. The number of nitrogens with one attached hydrogen (secondary N) is 1. The molecular formula is C19H24FN. The van der Waals surface area contributed by atoms with Crippen molar-refractivity contribution in [2.75, 3.05) is 6.54 Å². The van der Waals surface area contributed by atoms with Gasteiger partial charge >= 0.3 is 0 Å². The molecule has 1 N–H and O–H groups in total. The van der Waals surface area contributed by atoms with E-state index in [2.05, 4.69) is 57.3 Å². The summed E-state index contributed by atoms with van der Waals surface area (Å²) in [6.45, 7) is 9.50. The largest absolute Gasteiger partial charge is 0.309 e. The van der Waals surface area contributed by atoms with Gasteiger partial charge in [-0.05, 0) is 36.7 Å². The molecular weight excluding hydrogens is 261 g/mol. The topological polar surface area (TPSA) is 12.0 Å². The van der Waals surface area contributed by atoms with Gasteiger partial charge in [0.2, 0.25) is 0 Å². The molecule has 0 aliphatic carbocycles. The van der Waals surface area contributed by atoms with Crippen LogP contribution in [0.25, 0.3) is 0 Å². The number of hydrogen-bond donors (Lipinski definition) is 1. The lowest BCUT2D eigenvalue weighted by atomic mass is 9.74. The molecule has 0 amide bonds. The maximum Gasteiger partial charge on any atom is 0.123 e. The zero-order valence-corrected chi connectivity index (χ0v) is 13.3. The van der Waals surface area contributed by atoms with Crippen LogP contribution >= 0.6 is 0 Å². The summed E-state index contributed by atoms with van der Waals surface area (Å²) in [5, 5.41) is 3.58. The number of benzene rings is 2. The monoisotopic (exact) mass is 285 g/mol. The molecule has 0 aromatic heterocycles. The third-order valence-electron chi connectivity index (χ3n) is 4.13. The molecule has 0 spiro atoms. The van der Waals surface area contributed by atoms with Crippen LogP contribution in [0.15, 0.2) is 48.5 Å². The lowest BCUT2D eigenvalue weighted by Gasteiger charge is -2.36. The molecule has 112 valence electrons. The van der Waals surface area contributed by atoms with Gasteiger partial charge in [0, 0.05) is 11.5 Å². The molecule has 2 aromatic carbocycles. The second-order valence-corrected chi connectivity index (χ2v) is 6.13. The van der Waals surface area contributed by atoms with Gasteiger partial charge in [-0.2, -0.15) is 0 Å². The first-order chi connectivity index (χ1) is 9.95. The van der Waals surface area contributed by atoms with E-state index in [0.717, 1.165) is 12.1 Å². The van der Waals surface area contributed by atoms with Crippen LogP contribution in [-0.4, -0.2) is 6.54 Å². The molecule has 2 heteroatoms. The van der Waals surface area contributed by atoms with Crippen LogP contribution < -0.4 is 5.32 Å². The second-order valence-electron chi connectivity index (χ2n) is 6.13. The smallest absolute Gasteiger partial charge is 0.123 e. The Morgan fingerprint density at radius 1 is 1.00 bits per heavy atom. The minimum Gasteiger partial charge on any atom is -0.309 e. The van der Waals surface area contributed by atoms with Gasteiger partial charge in [-0.3, -0.25) is 0 Å². The fraction of sp³-hybridized carbons (Fsp3) is 0.368. The predicted molar refractivity (Wildman–Crippen MR) is 87.0 cm³/mol. The number of aryl methyl sites for hydroxylation is 1. The Hall–Kier alpha value is -1.67. The molecule has 0 radical (unpaired) electrons. The molecule has 1 nitrogen and oxygen atoms in total. The SMILES string of the molecule is CCNC(c1ccc(C)cc1)C(C)(C)c1ccc(F)cc1. The van der Waals surface area contributed by atoms with Crippen molar-refractivity contribution >= 4 is 0 Å². The Bertz CT molecular complexity index is 570.